The highest BCUT2D eigenvalue weighted by Crippen LogP contribution is 2.40. The molecule has 0 unspecified atom stereocenters. The van der Waals surface area contributed by atoms with E-state index in [9.17, 15) is 0 Å². The average molecular weight is 288 g/mol. The second-order valence-corrected chi connectivity index (χ2v) is 5.86. The number of benzene rings is 1. The molecule has 4 heteroatoms. The zero-order chi connectivity index (χ0) is 14.7. The van der Waals surface area contributed by atoms with Crippen LogP contribution in [-0.2, 0) is 0 Å². The van der Waals surface area contributed by atoms with E-state index in [1.54, 1.807) is 7.11 Å². The first kappa shape index (κ1) is 14.4. The largest absolute Gasteiger partial charge is 0.496 e. The van der Waals surface area contributed by atoms with Crippen molar-refractivity contribution in [3.05, 3.63) is 29.8 Å². The molecule has 2 aliphatic heterocycles. The first-order valence-corrected chi connectivity index (χ1v) is 7.74. The van der Waals surface area contributed by atoms with E-state index in [0.717, 1.165) is 62.5 Å². The second-order valence-electron chi connectivity index (χ2n) is 5.86. The molecule has 3 rings (SSSR count). The molecular formula is C17H24N2O2. The molecule has 2 N–H and O–H groups in total. The van der Waals surface area contributed by atoms with Crippen molar-refractivity contribution in [3.8, 4) is 11.5 Å². The molecule has 2 heterocycles. The molecule has 21 heavy (non-hydrogen) atoms. The molecule has 1 aromatic carbocycles. The Balaban J connectivity index is 1.70. The molecule has 1 saturated heterocycles. The van der Waals surface area contributed by atoms with Crippen LogP contribution in [0, 0.1) is 0 Å². The zero-order valence-electron chi connectivity index (χ0n) is 12.7. The van der Waals surface area contributed by atoms with E-state index >= 15 is 0 Å². The highest BCUT2D eigenvalue weighted by atomic mass is 16.5. The first-order chi connectivity index (χ1) is 10.3. The molecule has 0 radical (unpaired) electrons. The lowest BCUT2D eigenvalue weighted by molar-refractivity contribution is 0.0384. The van der Waals surface area contributed by atoms with E-state index in [1.807, 2.05) is 18.2 Å². The van der Waals surface area contributed by atoms with Gasteiger partial charge in [0.15, 0.2) is 0 Å². The Kier molecular flexibility index (Phi) is 4.17. The van der Waals surface area contributed by atoms with Gasteiger partial charge in [-0.1, -0.05) is 6.07 Å². The van der Waals surface area contributed by atoms with Gasteiger partial charge in [-0.3, -0.25) is 0 Å². The lowest BCUT2D eigenvalue weighted by atomic mass is 9.88. The van der Waals surface area contributed by atoms with Gasteiger partial charge >= 0.3 is 0 Å². The lowest BCUT2D eigenvalue weighted by Gasteiger charge is -2.42. The number of piperidine rings is 1. The molecule has 1 spiro atoms. The smallest absolute Gasteiger partial charge is 0.131 e. The average Bonchev–Trinajstić information content (AvgIpc) is 2.53. The quantitative estimate of drug-likeness (QED) is 0.923. The molecule has 1 aromatic rings. The van der Waals surface area contributed by atoms with Crippen LogP contribution in [0.5, 0.6) is 11.5 Å². The molecule has 0 atom stereocenters. The van der Waals surface area contributed by atoms with Crippen LogP contribution in [0.1, 0.15) is 24.8 Å². The van der Waals surface area contributed by atoms with E-state index in [-0.39, 0.29) is 5.60 Å². The zero-order valence-corrected chi connectivity index (χ0v) is 12.7. The third kappa shape index (κ3) is 2.92. The van der Waals surface area contributed by atoms with Crippen LogP contribution < -0.4 is 15.2 Å². The van der Waals surface area contributed by atoms with E-state index in [4.69, 9.17) is 15.2 Å². The fourth-order valence-electron chi connectivity index (χ4n) is 3.18. The minimum atomic E-state index is -0.140. The van der Waals surface area contributed by atoms with Gasteiger partial charge in [0.2, 0.25) is 0 Å². The van der Waals surface area contributed by atoms with Crippen LogP contribution in [0.25, 0.3) is 6.08 Å². The summed E-state index contributed by atoms with van der Waals surface area (Å²) in [7, 11) is 1.70. The standard InChI is InChI=1S/C17H24N2O2/c1-20-15-4-2-5-16-14(15)6-7-17(21-16)8-12-19(13-9-17)11-3-10-18/h2,4-7H,3,8-13,18H2,1H3. The Bertz CT molecular complexity index is 520. The molecule has 0 saturated carbocycles. The van der Waals surface area contributed by atoms with Gasteiger partial charge in [-0.05, 0) is 43.8 Å². The number of likely N-dealkylation sites (tertiary alicyclic amines) is 1. The molecule has 0 bridgehead atoms. The molecule has 0 aromatic heterocycles. The van der Waals surface area contributed by atoms with Crippen LogP contribution in [0.4, 0.5) is 0 Å². The number of rotatable bonds is 4. The van der Waals surface area contributed by atoms with Crippen LogP contribution in [0.15, 0.2) is 24.3 Å². The summed E-state index contributed by atoms with van der Waals surface area (Å²) in [5.74, 6) is 1.81. The fraction of sp³-hybridized carbons (Fsp3) is 0.529. The Morgan fingerprint density at radius 1 is 1.33 bits per heavy atom. The van der Waals surface area contributed by atoms with E-state index in [1.165, 1.54) is 0 Å². The maximum atomic E-state index is 6.34. The number of hydrogen-bond donors (Lipinski definition) is 1. The topological polar surface area (TPSA) is 47.7 Å². The van der Waals surface area contributed by atoms with E-state index < -0.39 is 0 Å². The van der Waals surface area contributed by atoms with Crippen molar-refractivity contribution in [2.75, 3.05) is 33.3 Å². The molecule has 4 nitrogen and oxygen atoms in total. The molecule has 1 fully saturated rings. The third-order valence-electron chi connectivity index (χ3n) is 4.49. The van der Waals surface area contributed by atoms with Crippen molar-refractivity contribution in [2.45, 2.75) is 24.9 Å². The molecule has 0 amide bonds. The minimum Gasteiger partial charge on any atom is -0.496 e. The Morgan fingerprint density at radius 3 is 2.86 bits per heavy atom. The van der Waals surface area contributed by atoms with Crippen molar-refractivity contribution in [3.63, 3.8) is 0 Å². The normalized spacial score (nSPS) is 20.1. The highest BCUT2D eigenvalue weighted by Gasteiger charge is 2.36. The van der Waals surface area contributed by atoms with Crippen molar-refractivity contribution in [1.29, 1.82) is 0 Å². The number of methoxy groups -OCH3 is 1. The van der Waals surface area contributed by atoms with E-state index in [0.29, 0.717) is 0 Å². The predicted molar refractivity (Wildman–Crippen MR) is 84.7 cm³/mol. The second kappa shape index (κ2) is 6.08. The summed E-state index contributed by atoms with van der Waals surface area (Å²) < 4.78 is 11.7. The van der Waals surface area contributed by atoms with Gasteiger partial charge in [-0.25, -0.2) is 0 Å². The monoisotopic (exact) mass is 288 g/mol. The highest BCUT2D eigenvalue weighted by molar-refractivity contribution is 5.67. The van der Waals surface area contributed by atoms with Gasteiger partial charge in [0.05, 0.1) is 12.7 Å². The molecule has 2 aliphatic rings. The Morgan fingerprint density at radius 2 is 2.14 bits per heavy atom. The first-order valence-electron chi connectivity index (χ1n) is 7.74. The summed E-state index contributed by atoms with van der Waals surface area (Å²) in [6.07, 6.45) is 7.52. The summed E-state index contributed by atoms with van der Waals surface area (Å²) in [5.41, 5.74) is 6.50. The van der Waals surface area contributed by atoms with Gasteiger partial charge in [0.1, 0.15) is 17.1 Å². The molecule has 114 valence electrons. The van der Waals surface area contributed by atoms with Crippen LogP contribution in [-0.4, -0.2) is 43.8 Å². The predicted octanol–water partition coefficient (Wildman–Crippen LogP) is 2.28. The van der Waals surface area contributed by atoms with Crippen molar-refractivity contribution in [2.24, 2.45) is 5.73 Å². The summed E-state index contributed by atoms with van der Waals surface area (Å²) in [6.45, 7) is 4.01. The van der Waals surface area contributed by atoms with Crippen LogP contribution >= 0.6 is 0 Å². The number of ether oxygens (including phenoxy) is 2. The van der Waals surface area contributed by atoms with Gasteiger partial charge in [0.25, 0.3) is 0 Å². The third-order valence-corrected chi connectivity index (χ3v) is 4.49. The maximum Gasteiger partial charge on any atom is 0.131 e. The number of hydrogen-bond acceptors (Lipinski definition) is 4. The molecule has 0 aliphatic carbocycles. The fourth-order valence-corrected chi connectivity index (χ4v) is 3.18. The van der Waals surface area contributed by atoms with Gasteiger partial charge in [-0.2, -0.15) is 0 Å². The van der Waals surface area contributed by atoms with Gasteiger partial charge < -0.3 is 20.1 Å². The number of fused-ring (bicyclic) bond motifs is 1. The number of nitrogens with two attached hydrogens (primary N) is 1. The van der Waals surface area contributed by atoms with Crippen LogP contribution in [0.2, 0.25) is 0 Å². The summed E-state index contributed by atoms with van der Waals surface area (Å²) >= 11 is 0. The Hall–Kier alpha value is -1.52. The van der Waals surface area contributed by atoms with Gasteiger partial charge in [-0.15, -0.1) is 0 Å². The summed E-state index contributed by atoms with van der Waals surface area (Å²) in [6, 6.07) is 5.99. The van der Waals surface area contributed by atoms with E-state index in [2.05, 4.69) is 17.1 Å². The number of nitrogens with zero attached hydrogens (tertiary/aromatic N) is 1. The molecular weight excluding hydrogens is 264 g/mol. The van der Waals surface area contributed by atoms with Crippen molar-refractivity contribution < 1.29 is 9.47 Å². The van der Waals surface area contributed by atoms with Crippen LogP contribution in [0.3, 0.4) is 0 Å². The summed E-state index contributed by atoms with van der Waals surface area (Å²) in [5, 5.41) is 0. The minimum absolute atomic E-state index is 0.140. The maximum absolute atomic E-state index is 6.34. The Labute approximate surface area is 126 Å². The van der Waals surface area contributed by atoms with Gasteiger partial charge in [0, 0.05) is 25.9 Å². The lowest BCUT2D eigenvalue weighted by Crippen LogP contribution is -2.48. The SMILES string of the molecule is COc1cccc2c1C=CC1(CCN(CCCN)CC1)O2. The van der Waals surface area contributed by atoms with Crippen molar-refractivity contribution in [1.82, 2.24) is 4.90 Å². The van der Waals surface area contributed by atoms with Crippen molar-refractivity contribution >= 4 is 6.08 Å². The summed E-state index contributed by atoms with van der Waals surface area (Å²) in [4.78, 5) is 2.48.